The number of sulfonamides is 1. The van der Waals surface area contributed by atoms with Crippen molar-refractivity contribution in [3.05, 3.63) is 71.0 Å². The molecule has 0 heterocycles. The lowest BCUT2D eigenvalue weighted by atomic mass is 10.1. The molecular weight excluding hydrogens is 291 g/mol. The number of hydrogen-bond acceptors (Lipinski definition) is 3. The summed E-state index contributed by atoms with van der Waals surface area (Å²) < 4.78 is 40.1. The van der Waals surface area contributed by atoms with Crippen LogP contribution >= 0.6 is 0 Å². The molecule has 0 aromatic heterocycles. The molecule has 21 heavy (non-hydrogen) atoms. The van der Waals surface area contributed by atoms with Gasteiger partial charge in [0.05, 0.1) is 5.75 Å². The summed E-state index contributed by atoms with van der Waals surface area (Å²) in [6.45, 7) is 0.169. The van der Waals surface area contributed by atoms with E-state index < -0.39 is 15.8 Å². The second-order valence-corrected chi connectivity index (χ2v) is 6.50. The summed E-state index contributed by atoms with van der Waals surface area (Å²) in [6, 6.07) is 13.4. The van der Waals surface area contributed by atoms with E-state index in [0.29, 0.717) is 16.7 Å². The fourth-order valence-electron chi connectivity index (χ4n) is 1.89. The van der Waals surface area contributed by atoms with E-state index in [0.717, 1.165) is 0 Å². The van der Waals surface area contributed by atoms with Gasteiger partial charge in [-0.3, -0.25) is 0 Å². The molecule has 112 valence electrons. The van der Waals surface area contributed by atoms with Crippen LogP contribution in [-0.4, -0.2) is 8.42 Å². The smallest absolute Gasteiger partial charge is 0.216 e. The summed E-state index contributed by atoms with van der Waals surface area (Å²) in [7, 11) is -3.51. The molecule has 0 bridgehead atoms. The highest BCUT2D eigenvalue weighted by molar-refractivity contribution is 7.88. The van der Waals surface area contributed by atoms with Crippen LogP contribution < -0.4 is 10.5 Å². The minimum absolute atomic E-state index is 0.0775. The van der Waals surface area contributed by atoms with Crippen molar-refractivity contribution in [3.63, 3.8) is 0 Å². The molecule has 0 aliphatic heterocycles. The topological polar surface area (TPSA) is 72.2 Å². The van der Waals surface area contributed by atoms with E-state index in [1.54, 1.807) is 36.4 Å². The Hall–Kier alpha value is -1.76. The SMILES string of the molecule is NCc1ccc(CNS(=O)(=O)Cc2ccccc2)c(F)c1. The lowest BCUT2D eigenvalue weighted by Crippen LogP contribution is -2.25. The maximum atomic E-state index is 13.7. The van der Waals surface area contributed by atoms with Gasteiger partial charge in [0.25, 0.3) is 0 Å². The van der Waals surface area contributed by atoms with Crippen LogP contribution in [0.25, 0.3) is 0 Å². The molecule has 0 spiro atoms. The van der Waals surface area contributed by atoms with Crippen molar-refractivity contribution < 1.29 is 12.8 Å². The zero-order chi connectivity index (χ0) is 15.3. The summed E-state index contributed by atoms with van der Waals surface area (Å²) in [4.78, 5) is 0. The first kappa shape index (κ1) is 15.6. The lowest BCUT2D eigenvalue weighted by molar-refractivity contribution is 0.573. The molecule has 0 aliphatic rings. The molecule has 2 rings (SSSR count). The molecule has 0 unspecified atom stereocenters. The Balaban J connectivity index is 2.02. The summed E-state index contributed by atoms with van der Waals surface area (Å²) in [5.74, 6) is -0.587. The Morgan fingerprint density at radius 1 is 1.05 bits per heavy atom. The number of nitrogens with one attached hydrogen (secondary N) is 1. The van der Waals surface area contributed by atoms with Crippen molar-refractivity contribution in [1.82, 2.24) is 4.72 Å². The number of rotatable bonds is 6. The van der Waals surface area contributed by atoms with Gasteiger partial charge in [0.15, 0.2) is 0 Å². The summed E-state index contributed by atoms with van der Waals surface area (Å²) in [5, 5.41) is 0. The third-order valence-electron chi connectivity index (χ3n) is 3.04. The molecule has 0 radical (unpaired) electrons. The molecule has 0 saturated heterocycles. The van der Waals surface area contributed by atoms with E-state index >= 15 is 0 Å². The second-order valence-electron chi connectivity index (χ2n) is 4.70. The van der Waals surface area contributed by atoms with Gasteiger partial charge in [0.1, 0.15) is 5.82 Å². The van der Waals surface area contributed by atoms with Gasteiger partial charge in [-0.2, -0.15) is 0 Å². The molecule has 6 heteroatoms. The fourth-order valence-corrected chi connectivity index (χ4v) is 3.00. The molecule has 3 N–H and O–H groups in total. The number of hydrogen-bond donors (Lipinski definition) is 2. The van der Waals surface area contributed by atoms with Crippen molar-refractivity contribution in [2.45, 2.75) is 18.8 Å². The van der Waals surface area contributed by atoms with Crippen LogP contribution in [0.5, 0.6) is 0 Å². The molecular formula is C15H17FN2O2S. The average Bonchev–Trinajstić information content (AvgIpc) is 2.46. The van der Waals surface area contributed by atoms with Gasteiger partial charge in [0, 0.05) is 18.7 Å². The van der Waals surface area contributed by atoms with Gasteiger partial charge in [0.2, 0.25) is 10.0 Å². The monoisotopic (exact) mass is 308 g/mol. The summed E-state index contributed by atoms with van der Waals surface area (Å²) in [6.07, 6.45) is 0. The summed E-state index contributed by atoms with van der Waals surface area (Å²) >= 11 is 0. The Morgan fingerprint density at radius 2 is 1.76 bits per heavy atom. The molecule has 0 fully saturated rings. The second kappa shape index (κ2) is 6.80. The number of benzene rings is 2. The first-order valence-electron chi connectivity index (χ1n) is 6.49. The normalized spacial score (nSPS) is 11.5. The Labute approximate surface area is 123 Å². The molecule has 2 aromatic rings. The highest BCUT2D eigenvalue weighted by atomic mass is 32.2. The minimum Gasteiger partial charge on any atom is -0.326 e. The zero-order valence-corrected chi connectivity index (χ0v) is 12.2. The van der Waals surface area contributed by atoms with Gasteiger partial charge in [-0.15, -0.1) is 0 Å². The highest BCUT2D eigenvalue weighted by Gasteiger charge is 2.12. The van der Waals surface area contributed by atoms with E-state index in [2.05, 4.69) is 4.72 Å². The van der Waals surface area contributed by atoms with Gasteiger partial charge >= 0.3 is 0 Å². The largest absolute Gasteiger partial charge is 0.326 e. The minimum atomic E-state index is -3.51. The van der Waals surface area contributed by atoms with E-state index in [-0.39, 0.29) is 18.8 Å². The van der Waals surface area contributed by atoms with Crippen LogP contribution in [-0.2, 0) is 28.9 Å². The predicted octanol–water partition coefficient (Wildman–Crippen LogP) is 1.90. The number of nitrogens with two attached hydrogens (primary N) is 1. The molecule has 0 atom stereocenters. The van der Waals surface area contributed by atoms with Crippen LogP contribution in [0.4, 0.5) is 4.39 Å². The van der Waals surface area contributed by atoms with Gasteiger partial charge in [-0.1, -0.05) is 42.5 Å². The van der Waals surface area contributed by atoms with Gasteiger partial charge in [-0.25, -0.2) is 17.5 Å². The maximum Gasteiger partial charge on any atom is 0.216 e. The van der Waals surface area contributed by atoms with Crippen LogP contribution in [0.15, 0.2) is 48.5 Å². The first-order chi connectivity index (χ1) is 10.00. The van der Waals surface area contributed by atoms with Crippen LogP contribution in [0, 0.1) is 5.82 Å². The average molecular weight is 308 g/mol. The van der Waals surface area contributed by atoms with Crippen molar-refractivity contribution in [1.29, 1.82) is 0 Å². The van der Waals surface area contributed by atoms with E-state index in [1.807, 2.05) is 6.07 Å². The number of halogens is 1. The van der Waals surface area contributed by atoms with Crippen LogP contribution in [0.3, 0.4) is 0 Å². The maximum absolute atomic E-state index is 13.7. The van der Waals surface area contributed by atoms with Crippen molar-refractivity contribution in [2.75, 3.05) is 0 Å². The Kier molecular flexibility index (Phi) is 5.06. The van der Waals surface area contributed by atoms with Crippen LogP contribution in [0.2, 0.25) is 0 Å². The van der Waals surface area contributed by atoms with E-state index in [9.17, 15) is 12.8 Å². The zero-order valence-electron chi connectivity index (χ0n) is 11.4. The van der Waals surface area contributed by atoms with E-state index in [4.69, 9.17) is 5.73 Å². The predicted molar refractivity (Wildman–Crippen MR) is 80.2 cm³/mol. The van der Waals surface area contributed by atoms with Gasteiger partial charge in [-0.05, 0) is 17.2 Å². The summed E-state index contributed by atoms with van der Waals surface area (Å²) in [5.41, 5.74) is 7.07. The Morgan fingerprint density at radius 3 is 2.38 bits per heavy atom. The molecule has 0 aliphatic carbocycles. The third-order valence-corrected chi connectivity index (χ3v) is 4.33. The standard InChI is InChI=1S/C15H17FN2O2S/c16-15-8-13(9-17)6-7-14(15)10-18-21(19,20)11-12-4-2-1-3-5-12/h1-8,18H,9-11,17H2. The molecule has 0 saturated carbocycles. The highest BCUT2D eigenvalue weighted by Crippen LogP contribution is 2.11. The lowest BCUT2D eigenvalue weighted by Gasteiger charge is -2.08. The molecule has 2 aromatic carbocycles. The van der Waals surface area contributed by atoms with Gasteiger partial charge < -0.3 is 5.73 Å². The van der Waals surface area contributed by atoms with Crippen molar-refractivity contribution >= 4 is 10.0 Å². The quantitative estimate of drug-likeness (QED) is 0.856. The van der Waals surface area contributed by atoms with E-state index in [1.165, 1.54) is 6.07 Å². The van der Waals surface area contributed by atoms with Crippen LogP contribution in [0.1, 0.15) is 16.7 Å². The molecule has 0 amide bonds. The third kappa shape index (κ3) is 4.63. The Bertz CT molecular complexity index is 703. The first-order valence-corrected chi connectivity index (χ1v) is 8.14. The molecule has 4 nitrogen and oxygen atoms in total. The van der Waals surface area contributed by atoms with Crippen molar-refractivity contribution in [2.24, 2.45) is 5.73 Å². The fraction of sp³-hybridized carbons (Fsp3) is 0.200. The van der Waals surface area contributed by atoms with Crippen molar-refractivity contribution in [3.8, 4) is 0 Å².